The van der Waals surface area contributed by atoms with Gasteiger partial charge in [0.2, 0.25) is 0 Å². The number of hydrogen-bond acceptors (Lipinski definition) is 2. The molecule has 1 aromatic rings. The lowest BCUT2D eigenvalue weighted by atomic mass is 9.68. The van der Waals surface area contributed by atoms with E-state index in [1.165, 1.54) is 50.9 Å². The van der Waals surface area contributed by atoms with Crippen LogP contribution in [0.15, 0.2) is 12.3 Å². The summed E-state index contributed by atoms with van der Waals surface area (Å²) in [5.41, 5.74) is 2.16. The molecule has 0 amide bonds. The highest BCUT2D eigenvalue weighted by Crippen LogP contribution is 2.42. The molecule has 2 aliphatic carbocycles. The van der Waals surface area contributed by atoms with Crippen molar-refractivity contribution in [1.82, 2.24) is 9.88 Å². The number of nitrogens with one attached hydrogen (secondary N) is 1. The van der Waals surface area contributed by atoms with Crippen LogP contribution in [0.5, 0.6) is 0 Å². The van der Waals surface area contributed by atoms with Crippen LogP contribution in [0.1, 0.15) is 55.1 Å². The molecule has 0 spiro atoms. The molecule has 3 heteroatoms. The summed E-state index contributed by atoms with van der Waals surface area (Å²) in [6, 6.07) is 2.49. The maximum atomic E-state index is 13.0. The van der Waals surface area contributed by atoms with E-state index >= 15 is 0 Å². The fraction of sp³-hybridized carbons (Fsp3) is 0.722. The van der Waals surface area contributed by atoms with Crippen molar-refractivity contribution in [3.8, 4) is 0 Å². The highest BCUT2D eigenvalue weighted by molar-refractivity contribution is 6.00. The van der Waals surface area contributed by atoms with E-state index in [2.05, 4.69) is 16.8 Å². The van der Waals surface area contributed by atoms with Crippen molar-refractivity contribution in [3.05, 3.63) is 23.5 Å². The molecule has 3 atom stereocenters. The minimum Gasteiger partial charge on any atom is -0.364 e. The van der Waals surface area contributed by atoms with Crippen molar-refractivity contribution in [2.45, 2.75) is 51.5 Å². The molecule has 2 fully saturated rings. The van der Waals surface area contributed by atoms with Gasteiger partial charge in [-0.15, -0.1) is 0 Å². The normalized spacial score (nSPS) is 32.8. The Hall–Kier alpha value is -1.09. The number of hydrogen-bond donors (Lipinski definition) is 1. The second kappa shape index (κ2) is 5.28. The van der Waals surface area contributed by atoms with Crippen LogP contribution < -0.4 is 0 Å². The SMILES string of the molecule is CCCC1C2C(=O)c3cc[nH]c3CC2CCN1CC1CC1. The van der Waals surface area contributed by atoms with Gasteiger partial charge in [-0.3, -0.25) is 9.69 Å². The van der Waals surface area contributed by atoms with Crippen LogP contribution in [0, 0.1) is 17.8 Å². The molecular formula is C18H26N2O. The summed E-state index contributed by atoms with van der Waals surface area (Å²) in [6.45, 7) is 4.70. The lowest BCUT2D eigenvalue weighted by Crippen LogP contribution is -2.54. The number of carbonyl (C=O) groups excluding carboxylic acids is 1. The summed E-state index contributed by atoms with van der Waals surface area (Å²) in [6.07, 6.45) is 9.38. The molecule has 1 saturated heterocycles. The highest BCUT2D eigenvalue weighted by Gasteiger charge is 2.46. The summed E-state index contributed by atoms with van der Waals surface area (Å²) in [5, 5.41) is 0. The van der Waals surface area contributed by atoms with Gasteiger partial charge in [0.05, 0.1) is 0 Å². The first-order valence-electron chi connectivity index (χ1n) is 8.72. The second-order valence-electron chi connectivity index (χ2n) is 7.31. The van der Waals surface area contributed by atoms with Crippen LogP contribution in [-0.2, 0) is 6.42 Å². The summed E-state index contributed by atoms with van der Waals surface area (Å²) < 4.78 is 0. The minimum absolute atomic E-state index is 0.251. The van der Waals surface area contributed by atoms with Crippen LogP contribution in [0.2, 0.25) is 0 Å². The zero-order valence-corrected chi connectivity index (χ0v) is 13.0. The molecule has 3 aliphatic rings. The number of Topliss-reactive ketones (excluding diaryl/α,β-unsaturated/α-hetero) is 1. The zero-order valence-electron chi connectivity index (χ0n) is 13.0. The van der Waals surface area contributed by atoms with Crippen molar-refractivity contribution >= 4 is 5.78 Å². The Balaban J connectivity index is 1.62. The van der Waals surface area contributed by atoms with Gasteiger partial charge in [0, 0.05) is 36.0 Å². The molecule has 3 nitrogen and oxygen atoms in total. The van der Waals surface area contributed by atoms with Crippen LogP contribution in [0.3, 0.4) is 0 Å². The van der Waals surface area contributed by atoms with E-state index in [-0.39, 0.29) is 5.92 Å². The first kappa shape index (κ1) is 13.6. The minimum atomic E-state index is 0.251. The molecule has 1 aliphatic heterocycles. The molecule has 2 heterocycles. The molecule has 1 N–H and O–H groups in total. The Morgan fingerprint density at radius 2 is 2.19 bits per heavy atom. The maximum Gasteiger partial charge on any atom is 0.169 e. The van der Waals surface area contributed by atoms with Crippen molar-refractivity contribution in [2.24, 2.45) is 17.8 Å². The summed E-state index contributed by atoms with van der Waals surface area (Å²) in [7, 11) is 0. The fourth-order valence-electron chi connectivity index (χ4n) is 4.60. The molecule has 4 rings (SSSR count). The number of aromatic amines is 1. The van der Waals surface area contributed by atoms with Gasteiger partial charge >= 0.3 is 0 Å². The highest BCUT2D eigenvalue weighted by atomic mass is 16.1. The van der Waals surface area contributed by atoms with Crippen molar-refractivity contribution in [1.29, 1.82) is 0 Å². The Kier molecular flexibility index (Phi) is 3.41. The van der Waals surface area contributed by atoms with Gasteiger partial charge in [-0.05, 0) is 56.6 Å². The lowest BCUT2D eigenvalue weighted by molar-refractivity contribution is 0.0302. The molecule has 114 valence electrons. The van der Waals surface area contributed by atoms with E-state index in [4.69, 9.17) is 0 Å². The van der Waals surface area contributed by atoms with Gasteiger partial charge in [0.25, 0.3) is 0 Å². The smallest absolute Gasteiger partial charge is 0.169 e. The van der Waals surface area contributed by atoms with Gasteiger partial charge in [-0.2, -0.15) is 0 Å². The Morgan fingerprint density at radius 3 is 2.95 bits per heavy atom. The first-order valence-corrected chi connectivity index (χ1v) is 8.72. The Morgan fingerprint density at radius 1 is 1.33 bits per heavy atom. The van der Waals surface area contributed by atoms with Gasteiger partial charge in [0.15, 0.2) is 5.78 Å². The lowest BCUT2D eigenvalue weighted by Gasteiger charge is -2.47. The predicted octanol–water partition coefficient (Wildman–Crippen LogP) is 3.27. The number of piperidine rings is 1. The third-order valence-corrected chi connectivity index (χ3v) is 5.82. The number of fused-ring (bicyclic) bond motifs is 2. The van der Waals surface area contributed by atoms with Crippen molar-refractivity contribution < 1.29 is 4.79 Å². The largest absolute Gasteiger partial charge is 0.364 e. The van der Waals surface area contributed by atoms with Gasteiger partial charge in [-0.1, -0.05) is 13.3 Å². The van der Waals surface area contributed by atoms with Gasteiger partial charge < -0.3 is 4.98 Å². The number of H-pyrrole nitrogens is 1. The molecule has 0 aromatic carbocycles. The first-order chi connectivity index (χ1) is 10.3. The average Bonchev–Trinajstić information content (AvgIpc) is 3.16. The van der Waals surface area contributed by atoms with E-state index in [9.17, 15) is 4.79 Å². The molecule has 0 radical (unpaired) electrons. The van der Waals surface area contributed by atoms with Crippen LogP contribution in [-0.4, -0.2) is 34.8 Å². The van der Waals surface area contributed by atoms with Crippen LogP contribution in [0.25, 0.3) is 0 Å². The molecular weight excluding hydrogens is 260 g/mol. The standard InChI is InChI=1S/C18H26N2O/c1-2-3-16-17-13(7-9-20(16)11-12-4-5-12)10-15-14(18(17)21)6-8-19-15/h6,8,12-13,16-17,19H,2-5,7,9-11H2,1H3. The second-order valence-corrected chi connectivity index (χ2v) is 7.31. The topological polar surface area (TPSA) is 36.1 Å². The van der Waals surface area contributed by atoms with E-state index in [0.717, 1.165) is 17.9 Å². The molecule has 3 unspecified atom stereocenters. The summed E-state index contributed by atoms with van der Waals surface area (Å²) >= 11 is 0. The molecule has 0 bridgehead atoms. The number of rotatable bonds is 4. The number of carbonyl (C=O) groups is 1. The molecule has 1 aromatic heterocycles. The average molecular weight is 286 g/mol. The fourth-order valence-corrected chi connectivity index (χ4v) is 4.60. The van der Waals surface area contributed by atoms with Gasteiger partial charge in [-0.25, -0.2) is 0 Å². The van der Waals surface area contributed by atoms with Crippen LogP contribution >= 0.6 is 0 Å². The predicted molar refractivity (Wildman–Crippen MR) is 83.4 cm³/mol. The van der Waals surface area contributed by atoms with E-state index in [0.29, 0.717) is 17.7 Å². The maximum absolute atomic E-state index is 13.0. The Labute approximate surface area is 127 Å². The van der Waals surface area contributed by atoms with Crippen LogP contribution in [0.4, 0.5) is 0 Å². The molecule has 21 heavy (non-hydrogen) atoms. The Bertz CT molecular complexity index is 531. The zero-order chi connectivity index (χ0) is 14.4. The van der Waals surface area contributed by atoms with E-state index in [1.807, 2.05) is 12.3 Å². The third kappa shape index (κ3) is 2.36. The van der Waals surface area contributed by atoms with Gasteiger partial charge in [0.1, 0.15) is 0 Å². The third-order valence-electron chi connectivity index (χ3n) is 5.82. The summed E-state index contributed by atoms with van der Waals surface area (Å²) in [5.74, 6) is 2.15. The van der Waals surface area contributed by atoms with Crippen molar-refractivity contribution in [2.75, 3.05) is 13.1 Å². The number of nitrogens with zero attached hydrogens (tertiary/aromatic N) is 1. The number of aromatic nitrogens is 1. The quantitative estimate of drug-likeness (QED) is 0.922. The molecule has 1 saturated carbocycles. The van der Waals surface area contributed by atoms with E-state index in [1.54, 1.807) is 0 Å². The van der Waals surface area contributed by atoms with Crippen molar-refractivity contribution in [3.63, 3.8) is 0 Å². The van der Waals surface area contributed by atoms with E-state index < -0.39 is 0 Å². The number of likely N-dealkylation sites (tertiary alicyclic amines) is 1. The number of ketones is 1. The summed E-state index contributed by atoms with van der Waals surface area (Å²) in [4.78, 5) is 18.9. The monoisotopic (exact) mass is 286 g/mol.